The van der Waals surface area contributed by atoms with Gasteiger partial charge in [-0.3, -0.25) is 0 Å². The Hall–Kier alpha value is -5.25. The summed E-state index contributed by atoms with van der Waals surface area (Å²) in [5.41, 5.74) is 0.230. The number of benzene rings is 3. The summed E-state index contributed by atoms with van der Waals surface area (Å²) in [7, 11) is 0. The summed E-state index contributed by atoms with van der Waals surface area (Å²) in [5.74, 6) is -3.85. The molecule has 0 fully saturated rings. The van der Waals surface area contributed by atoms with Gasteiger partial charge >= 0.3 is 23.9 Å². The Balaban J connectivity index is 1.56. The Morgan fingerprint density at radius 1 is 0.676 bits per heavy atom. The maximum atomic E-state index is 14.5. The van der Waals surface area contributed by atoms with Gasteiger partial charge in [0.2, 0.25) is 6.79 Å². The van der Waals surface area contributed by atoms with E-state index in [-0.39, 0.29) is 35.2 Å². The van der Waals surface area contributed by atoms with Crippen LogP contribution in [0.3, 0.4) is 0 Å². The molecule has 0 radical (unpaired) electrons. The minimum absolute atomic E-state index is 0.0830. The SMILES string of the molecule is C=CC(=O)OCOc1ccc(C(=O)Oc2ccc(OC(=O)c3ccc(OC(=O)C=C)cc3)c(F)c2)cc1. The Labute approximate surface area is 210 Å². The molecule has 0 aliphatic rings. The summed E-state index contributed by atoms with van der Waals surface area (Å²) in [5, 5.41) is 0. The van der Waals surface area contributed by atoms with Crippen LogP contribution in [-0.2, 0) is 14.3 Å². The summed E-state index contributed by atoms with van der Waals surface area (Å²) >= 11 is 0. The standard InChI is InChI=1S/C27H19FO9/c1-3-24(29)34-16-33-19-9-5-17(6-10-19)26(31)36-21-13-14-23(22(28)15-21)37-27(32)18-7-11-20(12-8-18)35-25(30)4-2/h3-15H,1-2,16H2. The van der Waals surface area contributed by atoms with Gasteiger partial charge in [-0.2, -0.15) is 0 Å². The van der Waals surface area contributed by atoms with E-state index in [1.54, 1.807) is 0 Å². The van der Waals surface area contributed by atoms with Crippen molar-refractivity contribution in [1.82, 2.24) is 0 Å². The van der Waals surface area contributed by atoms with Gasteiger partial charge in [0.15, 0.2) is 11.6 Å². The molecule has 0 saturated heterocycles. The van der Waals surface area contributed by atoms with Crippen molar-refractivity contribution in [2.75, 3.05) is 6.79 Å². The number of hydrogen-bond donors (Lipinski definition) is 0. The van der Waals surface area contributed by atoms with Crippen molar-refractivity contribution in [3.05, 3.63) is 109 Å². The molecule has 0 unspecified atom stereocenters. The fourth-order valence-corrected chi connectivity index (χ4v) is 2.67. The van der Waals surface area contributed by atoms with Crippen LogP contribution < -0.4 is 18.9 Å². The first-order valence-electron chi connectivity index (χ1n) is 10.5. The van der Waals surface area contributed by atoms with Crippen LogP contribution in [0.15, 0.2) is 92.0 Å². The van der Waals surface area contributed by atoms with E-state index in [4.69, 9.17) is 18.9 Å². The molecule has 0 amide bonds. The topological polar surface area (TPSA) is 114 Å². The number of esters is 4. The normalized spacial score (nSPS) is 9.97. The number of rotatable bonds is 10. The summed E-state index contributed by atoms with van der Waals surface area (Å²) in [6.45, 7) is 6.21. The smallest absolute Gasteiger partial charge is 0.343 e. The molecular weight excluding hydrogens is 487 g/mol. The van der Waals surface area contributed by atoms with Crippen molar-refractivity contribution < 1.29 is 47.3 Å². The van der Waals surface area contributed by atoms with Crippen molar-refractivity contribution in [1.29, 1.82) is 0 Å². The van der Waals surface area contributed by atoms with Crippen molar-refractivity contribution >= 4 is 23.9 Å². The van der Waals surface area contributed by atoms with Gasteiger partial charge in [-0.25, -0.2) is 23.6 Å². The fraction of sp³-hybridized carbons (Fsp3) is 0.0370. The van der Waals surface area contributed by atoms with Crippen LogP contribution in [-0.4, -0.2) is 30.7 Å². The third-order valence-corrected chi connectivity index (χ3v) is 4.48. The predicted octanol–water partition coefficient (Wildman–Crippen LogP) is 4.42. The van der Waals surface area contributed by atoms with Crippen LogP contribution in [0.2, 0.25) is 0 Å². The first-order valence-corrected chi connectivity index (χ1v) is 10.5. The van der Waals surface area contributed by atoms with Crippen molar-refractivity contribution in [3.63, 3.8) is 0 Å². The van der Waals surface area contributed by atoms with Gasteiger partial charge in [0.1, 0.15) is 17.2 Å². The monoisotopic (exact) mass is 506 g/mol. The van der Waals surface area contributed by atoms with E-state index in [1.165, 1.54) is 54.6 Å². The second-order valence-corrected chi connectivity index (χ2v) is 6.97. The van der Waals surface area contributed by atoms with Gasteiger partial charge in [0.25, 0.3) is 0 Å². The predicted molar refractivity (Wildman–Crippen MR) is 127 cm³/mol. The molecule has 188 valence electrons. The number of carbonyl (C=O) groups is 4. The van der Waals surface area contributed by atoms with E-state index in [1.807, 2.05) is 0 Å². The van der Waals surface area contributed by atoms with Gasteiger partial charge < -0.3 is 23.7 Å². The molecule has 37 heavy (non-hydrogen) atoms. The van der Waals surface area contributed by atoms with Gasteiger partial charge in [0, 0.05) is 18.2 Å². The lowest BCUT2D eigenvalue weighted by Gasteiger charge is -2.09. The largest absolute Gasteiger partial charge is 0.457 e. The van der Waals surface area contributed by atoms with E-state index < -0.39 is 29.7 Å². The molecular formula is C27H19FO9. The number of hydrogen-bond acceptors (Lipinski definition) is 9. The van der Waals surface area contributed by atoms with Crippen molar-refractivity contribution in [2.45, 2.75) is 0 Å². The molecule has 0 aliphatic heterocycles. The van der Waals surface area contributed by atoms with Crippen molar-refractivity contribution in [3.8, 4) is 23.0 Å². The van der Waals surface area contributed by atoms with Gasteiger partial charge in [-0.1, -0.05) is 13.2 Å². The van der Waals surface area contributed by atoms with E-state index in [9.17, 15) is 23.6 Å². The van der Waals surface area contributed by atoms with Crippen LogP contribution in [0, 0.1) is 5.82 Å². The minimum Gasteiger partial charge on any atom is -0.457 e. The third-order valence-electron chi connectivity index (χ3n) is 4.48. The summed E-state index contributed by atoms with van der Waals surface area (Å²) < 4.78 is 39.5. The van der Waals surface area contributed by atoms with E-state index >= 15 is 0 Å². The van der Waals surface area contributed by atoms with E-state index in [2.05, 4.69) is 17.9 Å². The van der Waals surface area contributed by atoms with Crippen LogP contribution >= 0.6 is 0 Å². The Kier molecular flexibility index (Phi) is 8.87. The second kappa shape index (κ2) is 12.5. The molecule has 3 aromatic carbocycles. The molecule has 0 N–H and O–H groups in total. The van der Waals surface area contributed by atoms with E-state index in [0.717, 1.165) is 24.3 Å². The Morgan fingerprint density at radius 3 is 1.78 bits per heavy atom. The second-order valence-electron chi connectivity index (χ2n) is 6.97. The maximum Gasteiger partial charge on any atom is 0.343 e. The first kappa shape index (κ1) is 26.4. The molecule has 0 bridgehead atoms. The maximum absolute atomic E-state index is 14.5. The molecule has 9 nitrogen and oxygen atoms in total. The fourth-order valence-electron chi connectivity index (χ4n) is 2.67. The Morgan fingerprint density at radius 2 is 1.22 bits per heavy atom. The highest BCUT2D eigenvalue weighted by molar-refractivity contribution is 5.92. The zero-order valence-electron chi connectivity index (χ0n) is 19.2. The van der Waals surface area contributed by atoms with E-state index in [0.29, 0.717) is 5.75 Å². The summed E-state index contributed by atoms with van der Waals surface area (Å²) in [6, 6.07) is 14.4. The quantitative estimate of drug-likeness (QED) is 0.171. The molecule has 0 spiro atoms. The average Bonchev–Trinajstić information content (AvgIpc) is 2.90. The number of carbonyl (C=O) groups excluding carboxylic acids is 4. The minimum atomic E-state index is -0.937. The van der Waals surface area contributed by atoms with Gasteiger partial charge in [-0.05, 0) is 60.7 Å². The van der Waals surface area contributed by atoms with Gasteiger partial charge in [-0.15, -0.1) is 0 Å². The molecule has 0 aliphatic carbocycles. The molecule has 3 rings (SSSR count). The van der Waals surface area contributed by atoms with Crippen LogP contribution in [0.4, 0.5) is 4.39 Å². The van der Waals surface area contributed by atoms with Gasteiger partial charge in [0.05, 0.1) is 11.1 Å². The first-order chi connectivity index (χ1) is 17.8. The Bertz CT molecular complexity index is 1330. The molecule has 3 aromatic rings. The van der Waals surface area contributed by atoms with Crippen LogP contribution in [0.25, 0.3) is 0 Å². The highest BCUT2D eigenvalue weighted by atomic mass is 19.1. The molecule has 0 aromatic heterocycles. The highest BCUT2D eigenvalue weighted by Gasteiger charge is 2.15. The molecule has 0 heterocycles. The zero-order chi connectivity index (χ0) is 26.8. The third kappa shape index (κ3) is 7.62. The molecule has 0 atom stereocenters. The molecule has 0 saturated carbocycles. The molecule has 10 heteroatoms. The van der Waals surface area contributed by atoms with Crippen LogP contribution in [0.1, 0.15) is 20.7 Å². The lowest BCUT2D eigenvalue weighted by Crippen LogP contribution is -2.11. The summed E-state index contributed by atoms with van der Waals surface area (Å²) in [4.78, 5) is 46.8. The lowest BCUT2D eigenvalue weighted by molar-refractivity contribution is -0.144. The number of ether oxygens (including phenoxy) is 5. The highest BCUT2D eigenvalue weighted by Crippen LogP contribution is 2.25. The lowest BCUT2D eigenvalue weighted by atomic mass is 10.2. The average molecular weight is 506 g/mol. The van der Waals surface area contributed by atoms with Crippen LogP contribution in [0.5, 0.6) is 23.0 Å². The number of halogens is 1. The zero-order valence-corrected chi connectivity index (χ0v) is 19.2. The summed E-state index contributed by atoms with van der Waals surface area (Å²) in [6.07, 6.45) is 1.98. The van der Waals surface area contributed by atoms with Crippen molar-refractivity contribution in [2.24, 2.45) is 0 Å².